The van der Waals surface area contributed by atoms with Crippen molar-refractivity contribution in [1.82, 2.24) is 15.5 Å². The van der Waals surface area contributed by atoms with Gasteiger partial charge in [0.2, 0.25) is 0 Å². The first kappa shape index (κ1) is 25.7. The van der Waals surface area contributed by atoms with E-state index in [1.807, 2.05) is 47.5 Å². The Hall–Kier alpha value is -3.43. The molecule has 190 valence electrons. The van der Waals surface area contributed by atoms with Gasteiger partial charge >= 0.3 is 11.8 Å². The normalized spacial score (nSPS) is 15.7. The number of halogens is 1. The first-order chi connectivity index (χ1) is 17.5. The van der Waals surface area contributed by atoms with Crippen molar-refractivity contribution in [3.63, 3.8) is 0 Å². The Kier molecular flexibility index (Phi) is 8.56. The minimum absolute atomic E-state index is 0.0916. The monoisotopic (exact) mass is 510 g/mol. The van der Waals surface area contributed by atoms with Crippen LogP contribution in [0.3, 0.4) is 0 Å². The van der Waals surface area contributed by atoms with Crippen molar-refractivity contribution >= 4 is 28.8 Å². The number of carbonyl (C=O) groups is 2. The van der Waals surface area contributed by atoms with Crippen LogP contribution in [0.2, 0.25) is 0 Å². The van der Waals surface area contributed by atoms with Crippen LogP contribution >= 0.6 is 11.3 Å². The van der Waals surface area contributed by atoms with Crippen molar-refractivity contribution in [3.05, 3.63) is 82.3 Å². The molecule has 36 heavy (non-hydrogen) atoms. The first-order valence-electron chi connectivity index (χ1n) is 11.9. The van der Waals surface area contributed by atoms with Gasteiger partial charge in [0, 0.05) is 43.6 Å². The molecule has 1 aliphatic rings. The number of nitrogens with one attached hydrogen (secondary N) is 2. The predicted octanol–water partition coefficient (Wildman–Crippen LogP) is 3.58. The van der Waals surface area contributed by atoms with Crippen LogP contribution in [-0.2, 0) is 16.1 Å². The van der Waals surface area contributed by atoms with Crippen LogP contribution in [0, 0.1) is 5.82 Å². The maximum atomic E-state index is 14.3. The van der Waals surface area contributed by atoms with Gasteiger partial charge in [0.1, 0.15) is 11.6 Å². The number of hydrogen-bond donors (Lipinski definition) is 2. The van der Waals surface area contributed by atoms with Gasteiger partial charge in [-0.2, -0.15) is 0 Å². The Bertz CT molecular complexity index is 1150. The number of benzene rings is 2. The standard InChI is InChI=1S/C27H31FN4O3S/c1-19(30-27(34)26(33)29-18-20-9-11-21(35-2)12-10-20)25(24-8-5-17-36-24)32-15-13-31(14-16-32)23-7-4-3-6-22(23)28/h3-12,17,19,25H,13-16,18H2,1-2H3,(H,29,33)(H,30,34)/t19-,25-/m1/s1. The number of thiophene rings is 1. The second-order valence-corrected chi connectivity index (χ2v) is 9.71. The highest BCUT2D eigenvalue weighted by molar-refractivity contribution is 7.10. The van der Waals surface area contributed by atoms with E-state index in [1.54, 1.807) is 42.7 Å². The van der Waals surface area contributed by atoms with Crippen molar-refractivity contribution in [3.8, 4) is 5.75 Å². The maximum Gasteiger partial charge on any atom is 0.309 e. The topological polar surface area (TPSA) is 73.9 Å². The van der Waals surface area contributed by atoms with Crippen molar-refractivity contribution in [2.24, 2.45) is 0 Å². The molecule has 0 radical (unpaired) electrons. The van der Waals surface area contributed by atoms with E-state index in [0.29, 0.717) is 31.9 Å². The number of para-hydroxylation sites is 1. The molecule has 2 atom stereocenters. The second-order valence-electron chi connectivity index (χ2n) is 8.73. The van der Waals surface area contributed by atoms with Gasteiger partial charge in [0.25, 0.3) is 0 Å². The van der Waals surface area contributed by atoms with E-state index >= 15 is 0 Å². The summed E-state index contributed by atoms with van der Waals surface area (Å²) in [4.78, 5) is 30.6. The highest BCUT2D eigenvalue weighted by Gasteiger charge is 2.32. The van der Waals surface area contributed by atoms with E-state index < -0.39 is 11.8 Å². The first-order valence-corrected chi connectivity index (χ1v) is 12.8. The van der Waals surface area contributed by atoms with Crippen LogP contribution in [0.1, 0.15) is 23.4 Å². The molecule has 3 aromatic rings. The average Bonchev–Trinajstić information content (AvgIpc) is 3.43. The summed E-state index contributed by atoms with van der Waals surface area (Å²) in [5.41, 5.74) is 1.48. The molecule has 2 amide bonds. The summed E-state index contributed by atoms with van der Waals surface area (Å²) in [7, 11) is 1.59. The molecule has 0 bridgehead atoms. The minimum atomic E-state index is -0.674. The summed E-state index contributed by atoms with van der Waals surface area (Å²) in [6.07, 6.45) is 0. The summed E-state index contributed by atoms with van der Waals surface area (Å²) >= 11 is 1.62. The van der Waals surface area contributed by atoms with Crippen molar-refractivity contribution in [1.29, 1.82) is 0 Å². The van der Waals surface area contributed by atoms with Crippen molar-refractivity contribution in [2.75, 3.05) is 38.2 Å². The number of anilines is 1. The molecule has 0 saturated carbocycles. The van der Waals surface area contributed by atoms with Crippen LogP contribution in [0.15, 0.2) is 66.0 Å². The number of piperazine rings is 1. The third-order valence-corrected chi connectivity index (χ3v) is 7.33. The highest BCUT2D eigenvalue weighted by Crippen LogP contribution is 2.30. The van der Waals surface area contributed by atoms with Crippen LogP contribution in [0.4, 0.5) is 10.1 Å². The molecular weight excluding hydrogens is 479 g/mol. The highest BCUT2D eigenvalue weighted by atomic mass is 32.1. The van der Waals surface area contributed by atoms with Gasteiger partial charge in [-0.1, -0.05) is 30.3 Å². The van der Waals surface area contributed by atoms with E-state index in [2.05, 4.69) is 15.5 Å². The van der Waals surface area contributed by atoms with Crippen LogP contribution in [0.25, 0.3) is 0 Å². The second kappa shape index (κ2) is 12.0. The van der Waals surface area contributed by atoms with E-state index in [1.165, 1.54) is 6.07 Å². The van der Waals surface area contributed by atoms with E-state index in [4.69, 9.17) is 4.74 Å². The Balaban J connectivity index is 1.36. The molecule has 0 unspecified atom stereocenters. The molecule has 1 aromatic heterocycles. The molecule has 2 heterocycles. The number of carbonyl (C=O) groups excluding carboxylic acids is 2. The number of ether oxygens (including phenoxy) is 1. The van der Waals surface area contributed by atoms with Crippen molar-refractivity contribution < 1.29 is 18.7 Å². The molecule has 0 spiro atoms. The maximum absolute atomic E-state index is 14.3. The van der Waals surface area contributed by atoms with Gasteiger partial charge in [-0.3, -0.25) is 14.5 Å². The van der Waals surface area contributed by atoms with Gasteiger partial charge in [-0.15, -0.1) is 11.3 Å². The number of hydrogen-bond acceptors (Lipinski definition) is 6. The Labute approximate surface area is 214 Å². The SMILES string of the molecule is COc1ccc(CNC(=O)C(=O)N[C@H](C)[C@H](c2cccs2)N2CCN(c3ccccc3F)CC2)cc1. The number of rotatable bonds is 8. The number of nitrogens with zero attached hydrogens (tertiary/aromatic N) is 2. The zero-order valence-electron chi connectivity index (χ0n) is 20.4. The van der Waals surface area contributed by atoms with Gasteiger partial charge in [-0.05, 0) is 48.2 Å². The Morgan fingerprint density at radius 2 is 1.72 bits per heavy atom. The van der Waals surface area contributed by atoms with Crippen LogP contribution in [-0.4, -0.2) is 56.0 Å². The summed E-state index contributed by atoms with van der Waals surface area (Å²) in [6, 6.07) is 17.7. The lowest BCUT2D eigenvalue weighted by molar-refractivity contribution is -0.140. The molecule has 2 N–H and O–H groups in total. The fourth-order valence-corrected chi connectivity index (χ4v) is 5.47. The zero-order chi connectivity index (χ0) is 25.5. The average molecular weight is 511 g/mol. The third kappa shape index (κ3) is 6.22. The van der Waals surface area contributed by atoms with E-state index in [0.717, 1.165) is 16.2 Å². The van der Waals surface area contributed by atoms with Gasteiger partial charge in [0.05, 0.1) is 18.8 Å². The quantitative estimate of drug-likeness (QED) is 0.453. The molecule has 7 nitrogen and oxygen atoms in total. The Morgan fingerprint density at radius 3 is 2.36 bits per heavy atom. The predicted molar refractivity (Wildman–Crippen MR) is 140 cm³/mol. The molecule has 9 heteroatoms. The molecule has 1 aliphatic heterocycles. The lowest BCUT2D eigenvalue weighted by atomic mass is 10.0. The molecule has 4 rings (SSSR count). The molecule has 1 fully saturated rings. The van der Waals surface area contributed by atoms with Gasteiger partial charge in [-0.25, -0.2) is 4.39 Å². The number of methoxy groups -OCH3 is 1. The summed E-state index contributed by atoms with van der Waals surface area (Å²) in [5.74, 6) is -0.831. The number of amides is 2. The smallest absolute Gasteiger partial charge is 0.309 e. The van der Waals surface area contributed by atoms with E-state index in [9.17, 15) is 14.0 Å². The fraction of sp³-hybridized carbons (Fsp3) is 0.333. The Morgan fingerprint density at radius 1 is 1.00 bits per heavy atom. The van der Waals surface area contributed by atoms with Crippen molar-refractivity contribution in [2.45, 2.75) is 25.6 Å². The summed E-state index contributed by atoms with van der Waals surface area (Å²) < 4.78 is 19.4. The van der Waals surface area contributed by atoms with Gasteiger partial charge in [0.15, 0.2) is 0 Å². The lowest BCUT2D eigenvalue weighted by Crippen LogP contribution is -2.53. The van der Waals surface area contributed by atoms with E-state index in [-0.39, 0.29) is 24.4 Å². The van der Waals surface area contributed by atoms with Gasteiger partial charge < -0.3 is 20.3 Å². The molecule has 0 aliphatic carbocycles. The summed E-state index contributed by atoms with van der Waals surface area (Å²) in [6.45, 7) is 4.93. The van der Waals surface area contributed by atoms with Crippen LogP contribution in [0.5, 0.6) is 5.75 Å². The van der Waals surface area contributed by atoms with Crippen LogP contribution < -0.4 is 20.3 Å². The zero-order valence-corrected chi connectivity index (χ0v) is 21.3. The largest absolute Gasteiger partial charge is 0.497 e. The minimum Gasteiger partial charge on any atom is -0.497 e. The lowest BCUT2D eigenvalue weighted by Gasteiger charge is -2.42. The summed E-state index contributed by atoms with van der Waals surface area (Å²) in [5, 5.41) is 7.58. The third-order valence-electron chi connectivity index (χ3n) is 6.39. The molecule has 2 aromatic carbocycles. The molecule has 1 saturated heterocycles. The molecular formula is C27H31FN4O3S. The fourth-order valence-electron chi connectivity index (χ4n) is 4.51.